The molecule has 1 fully saturated rings. The molecule has 15 heavy (non-hydrogen) atoms. The molecule has 3 N–H and O–H groups in total. The zero-order valence-corrected chi connectivity index (χ0v) is 8.26. The van der Waals surface area contributed by atoms with Gasteiger partial charge in [0.1, 0.15) is 5.82 Å². The predicted molar refractivity (Wildman–Crippen MR) is 56.2 cm³/mol. The molecule has 1 amide bonds. The van der Waals surface area contributed by atoms with E-state index in [0.717, 1.165) is 5.69 Å². The van der Waals surface area contributed by atoms with Gasteiger partial charge in [-0.25, -0.2) is 4.98 Å². The summed E-state index contributed by atoms with van der Waals surface area (Å²) in [4.78, 5) is 17.1. The van der Waals surface area contributed by atoms with Crippen LogP contribution in [-0.4, -0.2) is 29.1 Å². The molecule has 0 bridgehead atoms. The second-order valence-electron chi connectivity index (χ2n) is 3.70. The first-order valence-electron chi connectivity index (χ1n) is 4.83. The van der Waals surface area contributed by atoms with Crippen LogP contribution in [0.1, 0.15) is 6.42 Å². The molecule has 0 saturated carbocycles. The SMILES string of the molecule is Nc1ccc(N2CC(CO)CC2=O)cn1. The van der Waals surface area contributed by atoms with Gasteiger partial charge in [0.05, 0.1) is 11.9 Å². The molecule has 1 aliphatic heterocycles. The topological polar surface area (TPSA) is 79.5 Å². The molecule has 1 saturated heterocycles. The lowest BCUT2D eigenvalue weighted by molar-refractivity contribution is -0.117. The van der Waals surface area contributed by atoms with Gasteiger partial charge in [0.25, 0.3) is 0 Å². The van der Waals surface area contributed by atoms with E-state index in [4.69, 9.17) is 10.8 Å². The van der Waals surface area contributed by atoms with E-state index < -0.39 is 0 Å². The van der Waals surface area contributed by atoms with E-state index in [2.05, 4.69) is 4.98 Å². The highest BCUT2D eigenvalue weighted by molar-refractivity contribution is 5.95. The molecule has 1 aromatic rings. The van der Waals surface area contributed by atoms with Crippen molar-refractivity contribution in [3.05, 3.63) is 18.3 Å². The standard InChI is InChI=1S/C10H13N3O2/c11-9-2-1-8(4-12-9)13-5-7(6-14)3-10(13)15/h1-2,4,7,14H,3,5-6H2,(H2,11,12). The number of carbonyl (C=O) groups is 1. The van der Waals surface area contributed by atoms with Crippen LogP contribution in [0.2, 0.25) is 0 Å². The van der Waals surface area contributed by atoms with Crippen LogP contribution in [0, 0.1) is 5.92 Å². The Morgan fingerprint density at radius 2 is 2.40 bits per heavy atom. The summed E-state index contributed by atoms with van der Waals surface area (Å²) in [5, 5.41) is 8.98. The number of nitrogen functional groups attached to an aromatic ring is 1. The fourth-order valence-corrected chi connectivity index (χ4v) is 1.71. The Morgan fingerprint density at radius 3 is 2.93 bits per heavy atom. The molecule has 5 nitrogen and oxygen atoms in total. The Kier molecular flexibility index (Phi) is 2.55. The number of pyridine rings is 1. The lowest BCUT2D eigenvalue weighted by Crippen LogP contribution is -2.25. The number of hydrogen-bond acceptors (Lipinski definition) is 4. The second-order valence-corrected chi connectivity index (χ2v) is 3.70. The third-order valence-corrected chi connectivity index (χ3v) is 2.55. The van der Waals surface area contributed by atoms with Crippen LogP contribution in [0.25, 0.3) is 0 Å². The van der Waals surface area contributed by atoms with Gasteiger partial charge in [0.15, 0.2) is 0 Å². The van der Waals surface area contributed by atoms with E-state index >= 15 is 0 Å². The minimum atomic E-state index is 0.0284. The molecule has 1 aromatic heterocycles. The molecule has 0 aliphatic carbocycles. The van der Waals surface area contributed by atoms with Gasteiger partial charge in [-0.2, -0.15) is 0 Å². The second kappa shape index (κ2) is 3.86. The minimum absolute atomic E-state index is 0.0284. The van der Waals surface area contributed by atoms with E-state index in [1.54, 1.807) is 23.2 Å². The molecule has 5 heteroatoms. The van der Waals surface area contributed by atoms with Crippen LogP contribution in [0.4, 0.5) is 11.5 Å². The number of aromatic nitrogens is 1. The van der Waals surface area contributed by atoms with Crippen LogP contribution in [0.15, 0.2) is 18.3 Å². The normalized spacial score (nSPS) is 21.0. The van der Waals surface area contributed by atoms with Gasteiger partial charge in [-0.3, -0.25) is 4.79 Å². The molecular formula is C10H13N3O2. The third-order valence-electron chi connectivity index (χ3n) is 2.55. The molecule has 0 radical (unpaired) electrons. The number of hydrogen-bond donors (Lipinski definition) is 2. The van der Waals surface area contributed by atoms with Gasteiger partial charge in [-0.15, -0.1) is 0 Å². The number of carbonyl (C=O) groups excluding carboxylic acids is 1. The van der Waals surface area contributed by atoms with Crippen LogP contribution in [-0.2, 0) is 4.79 Å². The molecular weight excluding hydrogens is 194 g/mol. The van der Waals surface area contributed by atoms with Crippen molar-refractivity contribution in [1.82, 2.24) is 4.98 Å². The van der Waals surface area contributed by atoms with E-state index in [1.165, 1.54) is 0 Å². The van der Waals surface area contributed by atoms with Gasteiger partial charge < -0.3 is 15.7 Å². The van der Waals surface area contributed by atoms with E-state index in [-0.39, 0.29) is 18.4 Å². The van der Waals surface area contributed by atoms with Crippen LogP contribution < -0.4 is 10.6 Å². The summed E-state index contributed by atoms with van der Waals surface area (Å²) in [6.07, 6.45) is 1.98. The van der Waals surface area contributed by atoms with Crippen molar-refractivity contribution in [2.45, 2.75) is 6.42 Å². The molecule has 0 aromatic carbocycles. The highest BCUT2D eigenvalue weighted by Gasteiger charge is 2.29. The molecule has 2 heterocycles. The Hall–Kier alpha value is -1.62. The van der Waals surface area contributed by atoms with Crippen LogP contribution >= 0.6 is 0 Å². The van der Waals surface area contributed by atoms with E-state index in [0.29, 0.717) is 18.8 Å². The maximum Gasteiger partial charge on any atom is 0.227 e. The number of anilines is 2. The van der Waals surface area contributed by atoms with Crippen LogP contribution in [0.5, 0.6) is 0 Å². The molecule has 1 aliphatic rings. The fraction of sp³-hybridized carbons (Fsp3) is 0.400. The largest absolute Gasteiger partial charge is 0.396 e. The van der Waals surface area contributed by atoms with Gasteiger partial charge in [-0.1, -0.05) is 0 Å². The highest BCUT2D eigenvalue weighted by atomic mass is 16.3. The first-order chi connectivity index (χ1) is 7.20. The Balaban J connectivity index is 2.18. The van der Waals surface area contributed by atoms with Gasteiger partial charge in [0, 0.05) is 25.5 Å². The summed E-state index contributed by atoms with van der Waals surface area (Å²) >= 11 is 0. The van der Waals surface area contributed by atoms with Gasteiger partial charge >= 0.3 is 0 Å². The zero-order valence-electron chi connectivity index (χ0n) is 8.26. The van der Waals surface area contributed by atoms with Crippen molar-refractivity contribution in [3.8, 4) is 0 Å². The molecule has 1 atom stereocenters. The fourth-order valence-electron chi connectivity index (χ4n) is 1.71. The van der Waals surface area contributed by atoms with Crippen molar-refractivity contribution in [3.63, 3.8) is 0 Å². The average molecular weight is 207 g/mol. The maximum atomic E-state index is 11.6. The molecule has 2 rings (SSSR count). The molecule has 1 unspecified atom stereocenters. The summed E-state index contributed by atoms with van der Waals surface area (Å²) in [5.41, 5.74) is 6.20. The van der Waals surface area contributed by atoms with Crippen molar-refractivity contribution in [1.29, 1.82) is 0 Å². The minimum Gasteiger partial charge on any atom is -0.396 e. The smallest absolute Gasteiger partial charge is 0.227 e. The van der Waals surface area contributed by atoms with Crippen LogP contribution in [0.3, 0.4) is 0 Å². The Morgan fingerprint density at radius 1 is 1.60 bits per heavy atom. The highest BCUT2D eigenvalue weighted by Crippen LogP contribution is 2.24. The monoisotopic (exact) mass is 207 g/mol. The first-order valence-corrected chi connectivity index (χ1v) is 4.83. The summed E-state index contributed by atoms with van der Waals surface area (Å²) in [6, 6.07) is 3.43. The van der Waals surface area contributed by atoms with Crippen molar-refractivity contribution >= 4 is 17.4 Å². The number of aliphatic hydroxyl groups is 1. The number of nitrogens with two attached hydrogens (primary N) is 1. The average Bonchev–Trinajstić information content (AvgIpc) is 2.61. The summed E-state index contributed by atoms with van der Waals surface area (Å²) in [5.74, 6) is 0.500. The maximum absolute atomic E-state index is 11.6. The summed E-state index contributed by atoms with van der Waals surface area (Å²) < 4.78 is 0. The lowest BCUT2D eigenvalue weighted by atomic mass is 10.1. The quantitative estimate of drug-likeness (QED) is 0.716. The number of rotatable bonds is 2. The number of aliphatic hydroxyl groups excluding tert-OH is 1. The summed E-state index contributed by atoms with van der Waals surface area (Å²) in [6.45, 7) is 0.603. The summed E-state index contributed by atoms with van der Waals surface area (Å²) in [7, 11) is 0. The van der Waals surface area contributed by atoms with E-state index in [9.17, 15) is 4.79 Å². The molecule has 80 valence electrons. The van der Waals surface area contributed by atoms with E-state index in [1.807, 2.05) is 0 Å². The van der Waals surface area contributed by atoms with Crippen molar-refractivity contribution in [2.75, 3.05) is 23.8 Å². The van der Waals surface area contributed by atoms with Gasteiger partial charge in [0.2, 0.25) is 5.91 Å². The zero-order chi connectivity index (χ0) is 10.8. The Labute approximate surface area is 87.5 Å². The Bertz CT molecular complexity index is 363. The molecule has 0 spiro atoms. The number of nitrogens with zero attached hydrogens (tertiary/aromatic N) is 2. The predicted octanol–water partition coefficient (Wildman–Crippen LogP) is 0.00900. The lowest BCUT2D eigenvalue weighted by Gasteiger charge is -2.15. The first kappa shape index (κ1) is 9.92. The number of amides is 1. The van der Waals surface area contributed by atoms with Gasteiger partial charge in [-0.05, 0) is 12.1 Å². The van der Waals surface area contributed by atoms with Crippen molar-refractivity contribution < 1.29 is 9.90 Å². The van der Waals surface area contributed by atoms with Crippen molar-refractivity contribution in [2.24, 2.45) is 5.92 Å². The third kappa shape index (κ3) is 1.92.